The quantitative estimate of drug-likeness (QED) is 0.892. The summed E-state index contributed by atoms with van der Waals surface area (Å²) in [5, 5.41) is 7.97. The van der Waals surface area contributed by atoms with Crippen molar-refractivity contribution >= 4 is 0 Å². The van der Waals surface area contributed by atoms with E-state index in [4.69, 9.17) is 0 Å². The zero-order valence-corrected chi connectivity index (χ0v) is 12.3. The highest BCUT2D eigenvalue weighted by Crippen LogP contribution is 2.10. The van der Waals surface area contributed by atoms with Gasteiger partial charge in [-0.15, -0.1) is 0 Å². The second-order valence-corrected chi connectivity index (χ2v) is 5.54. The summed E-state index contributed by atoms with van der Waals surface area (Å²) >= 11 is 0. The third-order valence-electron chi connectivity index (χ3n) is 3.01. The van der Waals surface area contributed by atoms with Crippen molar-refractivity contribution in [1.82, 2.24) is 15.1 Å². The molecule has 3 heteroatoms. The van der Waals surface area contributed by atoms with E-state index >= 15 is 0 Å². The van der Waals surface area contributed by atoms with Crippen LogP contribution in [0.5, 0.6) is 0 Å². The first-order valence-corrected chi connectivity index (χ1v) is 6.86. The van der Waals surface area contributed by atoms with E-state index in [1.165, 1.54) is 16.7 Å². The van der Waals surface area contributed by atoms with Crippen LogP contribution in [0.2, 0.25) is 0 Å². The monoisotopic (exact) mass is 257 g/mol. The Morgan fingerprint density at radius 1 is 1.16 bits per heavy atom. The van der Waals surface area contributed by atoms with Crippen molar-refractivity contribution in [3.63, 3.8) is 0 Å². The Morgan fingerprint density at radius 2 is 1.84 bits per heavy atom. The average Bonchev–Trinajstić information content (AvgIpc) is 2.72. The average molecular weight is 257 g/mol. The first-order chi connectivity index (χ1) is 9.02. The summed E-state index contributed by atoms with van der Waals surface area (Å²) in [4.78, 5) is 0. The van der Waals surface area contributed by atoms with Crippen molar-refractivity contribution < 1.29 is 0 Å². The van der Waals surface area contributed by atoms with E-state index in [1.807, 2.05) is 4.68 Å². The molecule has 0 aliphatic heterocycles. The molecule has 0 saturated carbocycles. The van der Waals surface area contributed by atoms with Crippen LogP contribution in [0.3, 0.4) is 0 Å². The zero-order chi connectivity index (χ0) is 13.8. The predicted molar refractivity (Wildman–Crippen MR) is 79.2 cm³/mol. The molecule has 2 aromatic rings. The smallest absolute Gasteiger partial charge is 0.0762 e. The van der Waals surface area contributed by atoms with Crippen molar-refractivity contribution in [3.05, 3.63) is 52.8 Å². The molecular weight excluding hydrogens is 234 g/mol. The molecule has 0 spiro atoms. The number of aryl methyl sites for hydroxylation is 2. The summed E-state index contributed by atoms with van der Waals surface area (Å²) in [5.74, 6) is 0. The maximum Gasteiger partial charge on any atom is 0.0762 e. The van der Waals surface area contributed by atoms with E-state index in [9.17, 15) is 0 Å². The lowest BCUT2D eigenvalue weighted by atomic mass is 10.1. The number of rotatable bonds is 5. The third-order valence-corrected chi connectivity index (χ3v) is 3.01. The minimum absolute atomic E-state index is 0.490. The molecule has 102 valence electrons. The largest absolute Gasteiger partial charge is 0.309 e. The highest BCUT2D eigenvalue weighted by molar-refractivity contribution is 5.28. The van der Waals surface area contributed by atoms with E-state index in [0.29, 0.717) is 6.04 Å². The fourth-order valence-corrected chi connectivity index (χ4v) is 2.24. The van der Waals surface area contributed by atoms with Crippen molar-refractivity contribution in [2.24, 2.45) is 0 Å². The zero-order valence-electron chi connectivity index (χ0n) is 12.3. The van der Waals surface area contributed by atoms with Gasteiger partial charge in [-0.2, -0.15) is 5.10 Å². The van der Waals surface area contributed by atoms with Crippen LogP contribution in [0.15, 0.2) is 30.5 Å². The minimum atomic E-state index is 0.490. The molecule has 0 amide bonds. The number of hydrogen-bond acceptors (Lipinski definition) is 2. The lowest BCUT2D eigenvalue weighted by Crippen LogP contribution is -2.22. The lowest BCUT2D eigenvalue weighted by molar-refractivity contribution is 0.570. The topological polar surface area (TPSA) is 29.9 Å². The Balaban J connectivity index is 2.03. The standard InChI is InChI=1S/C16H23N3/c1-12(2)17-10-16-5-6-19(18-16)11-15-8-13(3)7-14(4)9-15/h5-9,12,17H,10-11H2,1-4H3. The van der Waals surface area contributed by atoms with Crippen LogP contribution in [0.4, 0.5) is 0 Å². The molecule has 0 unspecified atom stereocenters. The van der Waals surface area contributed by atoms with E-state index in [2.05, 4.69) is 68.6 Å². The lowest BCUT2D eigenvalue weighted by Gasteiger charge is -2.06. The van der Waals surface area contributed by atoms with Gasteiger partial charge in [0.1, 0.15) is 0 Å². The van der Waals surface area contributed by atoms with Crippen molar-refractivity contribution in [1.29, 1.82) is 0 Å². The Hall–Kier alpha value is -1.61. The van der Waals surface area contributed by atoms with Gasteiger partial charge in [0.25, 0.3) is 0 Å². The van der Waals surface area contributed by atoms with Crippen LogP contribution in [0.25, 0.3) is 0 Å². The molecule has 0 bridgehead atoms. The molecule has 2 rings (SSSR count). The van der Waals surface area contributed by atoms with Gasteiger partial charge in [-0.25, -0.2) is 0 Å². The fourth-order valence-electron chi connectivity index (χ4n) is 2.24. The molecule has 1 heterocycles. The fraction of sp³-hybridized carbons (Fsp3) is 0.438. The molecule has 0 fully saturated rings. The van der Waals surface area contributed by atoms with Crippen LogP contribution in [0.1, 0.15) is 36.2 Å². The molecule has 1 aromatic carbocycles. The summed E-state index contributed by atoms with van der Waals surface area (Å²) in [6.07, 6.45) is 2.05. The molecule has 3 nitrogen and oxygen atoms in total. The van der Waals surface area contributed by atoms with Crippen LogP contribution >= 0.6 is 0 Å². The molecule has 1 aromatic heterocycles. The number of nitrogens with zero attached hydrogens (tertiary/aromatic N) is 2. The first kappa shape index (κ1) is 13.8. The Bertz CT molecular complexity index is 520. The van der Waals surface area contributed by atoms with Crippen LogP contribution in [-0.4, -0.2) is 15.8 Å². The Labute approximate surface area is 115 Å². The van der Waals surface area contributed by atoms with Gasteiger partial charge in [-0.1, -0.05) is 43.2 Å². The number of benzene rings is 1. The van der Waals surface area contributed by atoms with Crippen molar-refractivity contribution in [2.45, 2.75) is 46.8 Å². The molecule has 0 aliphatic carbocycles. The van der Waals surface area contributed by atoms with Crippen LogP contribution in [0, 0.1) is 13.8 Å². The van der Waals surface area contributed by atoms with Crippen LogP contribution < -0.4 is 5.32 Å². The SMILES string of the molecule is Cc1cc(C)cc(Cn2ccc(CNC(C)C)n2)c1. The molecule has 0 saturated heterocycles. The second-order valence-electron chi connectivity index (χ2n) is 5.54. The van der Waals surface area contributed by atoms with E-state index in [1.54, 1.807) is 0 Å². The first-order valence-electron chi connectivity index (χ1n) is 6.86. The highest BCUT2D eigenvalue weighted by atomic mass is 15.3. The van der Waals surface area contributed by atoms with Gasteiger partial charge >= 0.3 is 0 Å². The van der Waals surface area contributed by atoms with Gasteiger partial charge in [0, 0.05) is 18.8 Å². The van der Waals surface area contributed by atoms with Gasteiger partial charge in [0.15, 0.2) is 0 Å². The van der Waals surface area contributed by atoms with E-state index in [0.717, 1.165) is 18.8 Å². The van der Waals surface area contributed by atoms with Gasteiger partial charge < -0.3 is 5.32 Å². The van der Waals surface area contributed by atoms with E-state index in [-0.39, 0.29) is 0 Å². The summed E-state index contributed by atoms with van der Waals surface area (Å²) in [6, 6.07) is 9.22. The van der Waals surface area contributed by atoms with Gasteiger partial charge in [0.2, 0.25) is 0 Å². The van der Waals surface area contributed by atoms with Gasteiger partial charge in [-0.05, 0) is 25.5 Å². The summed E-state index contributed by atoms with van der Waals surface area (Å²) < 4.78 is 2.01. The summed E-state index contributed by atoms with van der Waals surface area (Å²) in [6.45, 7) is 10.2. The molecule has 0 atom stereocenters. The second kappa shape index (κ2) is 6.02. The number of hydrogen-bond donors (Lipinski definition) is 1. The molecule has 0 aliphatic rings. The number of aromatic nitrogens is 2. The Morgan fingerprint density at radius 3 is 2.47 bits per heavy atom. The molecule has 1 N–H and O–H groups in total. The molecule has 19 heavy (non-hydrogen) atoms. The van der Waals surface area contributed by atoms with E-state index < -0.39 is 0 Å². The highest BCUT2D eigenvalue weighted by Gasteiger charge is 2.02. The summed E-state index contributed by atoms with van der Waals surface area (Å²) in [7, 11) is 0. The Kier molecular flexibility index (Phi) is 4.38. The number of nitrogens with one attached hydrogen (secondary N) is 1. The van der Waals surface area contributed by atoms with Crippen molar-refractivity contribution in [3.8, 4) is 0 Å². The maximum absolute atomic E-state index is 4.59. The maximum atomic E-state index is 4.59. The van der Waals surface area contributed by atoms with Gasteiger partial charge in [0.05, 0.1) is 12.2 Å². The summed E-state index contributed by atoms with van der Waals surface area (Å²) in [5.41, 5.74) is 5.02. The minimum Gasteiger partial charge on any atom is -0.309 e. The van der Waals surface area contributed by atoms with Crippen LogP contribution in [-0.2, 0) is 13.1 Å². The predicted octanol–water partition coefficient (Wildman–Crippen LogP) is 3.05. The van der Waals surface area contributed by atoms with Crippen molar-refractivity contribution in [2.75, 3.05) is 0 Å². The third kappa shape index (κ3) is 4.21. The molecule has 0 radical (unpaired) electrons. The normalized spacial score (nSPS) is 11.2. The molecular formula is C16H23N3. The van der Waals surface area contributed by atoms with Gasteiger partial charge in [-0.3, -0.25) is 4.68 Å².